The highest BCUT2D eigenvalue weighted by Crippen LogP contribution is 2.28. The summed E-state index contributed by atoms with van der Waals surface area (Å²) >= 11 is 0. The second-order valence-corrected chi connectivity index (χ2v) is 2.26. The van der Waals surface area contributed by atoms with Crippen LogP contribution in [0.4, 0.5) is 0 Å². The van der Waals surface area contributed by atoms with Crippen molar-refractivity contribution in [1.82, 2.24) is 0 Å². The molecular formula is C6H11NO2. The smallest absolute Gasteiger partial charge is 0.310 e. The Balaban J connectivity index is 2.20. The van der Waals surface area contributed by atoms with Gasteiger partial charge < -0.3 is 10.5 Å². The third-order valence-electron chi connectivity index (χ3n) is 1.43. The van der Waals surface area contributed by atoms with Gasteiger partial charge in [-0.15, -0.1) is 0 Å². The minimum absolute atomic E-state index is 0.00458. The number of ether oxygens (including phenoxy) is 1. The van der Waals surface area contributed by atoms with Crippen LogP contribution in [-0.4, -0.2) is 18.6 Å². The quantitative estimate of drug-likeness (QED) is 0.529. The number of rotatable bonds is 2. The maximum absolute atomic E-state index is 10.7. The molecule has 0 aliphatic heterocycles. The molecule has 0 bridgehead atoms. The Labute approximate surface area is 54.2 Å². The van der Waals surface area contributed by atoms with Gasteiger partial charge in [-0.2, -0.15) is 0 Å². The molecule has 3 heteroatoms. The van der Waals surface area contributed by atoms with Gasteiger partial charge in [0.05, 0.1) is 12.5 Å². The lowest BCUT2D eigenvalue weighted by Crippen LogP contribution is -2.13. The van der Waals surface area contributed by atoms with Crippen LogP contribution in [0, 0.1) is 5.92 Å². The Morgan fingerprint density at radius 2 is 2.44 bits per heavy atom. The molecule has 3 nitrogen and oxygen atoms in total. The van der Waals surface area contributed by atoms with Crippen molar-refractivity contribution in [3.8, 4) is 0 Å². The van der Waals surface area contributed by atoms with Crippen molar-refractivity contribution in [2.24, 2.45) is 11.7 Å². The van der Waals surface area contributed by atoms with Crippen molar-refractivity contribution in [3.63, 3.8) is 0 Å². The molecule has 1 aliphatic carbocycles. The minimum atomic E-state index is -0.134. The second kappa shape index (κ2) is 2.35. The minimum Gasteiger partial charge on any atom is -0.466 e. The Hall–Kier alpha value is -0.570. The molecule has 0 saturated heterocycles. The van der Waals surface area contributed by atoms with Gasteiger partial charge in [-0.3, -0.25) is 4.79 Å². The van der Waals surface area contributed by atoms with Gasteiger partial charge in [-0.25, -0.2) is 0 Å². The maximum Gasteiger partial charge on any atom is 0.310 e. The van der Waals surface area contributed by atoms with Gasteiger partial charge in [-0.05, 0) is 13.3 Å². The summed E-state index contributed by atoms with van der Waals surface area (Å²) in [5, 5.41) is 0. The molecule has 0 spiro atoms. The van der Waals surface area contributed by atoms with E-state index in [2.05, 4.69) is 0 Å². The number of hydrogen-bond donors (Lipinski definition) is 1. The normalized spacial score (nSPS) is 31.8. The van der Waals surface area contributed by atoms with Gasteiger partial charge in [0.2, 0.25) is 0 Å². The standard InChI is InChI=1S/C6H11NO2/c1-2-9-6(8)4-3-5(4)7/h4-5H,2-3,7H2,1H3/t4-,5-/m1/s1. The summed E-state index contributed by atoms with van der Waals surface area (Å²) in [6, 6.07) is 0.0732. The van der Waals surface area contributed by atoms with Crippen LogP contribution in [0.1, 0.15) is 13.3 Å². The molecule has 2 N–H and O–H groups in total. The van der Waals surface area contributed by atoms with Gasteiger partial charge in [-0.1, -0.05) is 0 Å². The fraction of sp³-hybridized carbons (Fsp3) is 0.833. The Kier molecular flexibility index (Phi) is 1.71. The van der Waals surface area contributed by atoms with Crippen LogP contribution < -0.4 is 5.73 Å². The van der Waals surface area contributed by atoms with E-state index >= 15 is 0 Å². The first-order chi connectivity index (χ1) is 4.25. The number of carbonyl (C=O) groups is 1. The van der Waals surface area contributed by atoms with Gasteiger partial charge in [0, 0.05) is 6.04 Å². The van der Waals surface area contributed by atoms with Crippen LogP contribution in [0.25, 0.3) is 0 Å². The molecule has 0 amide bonds. The van der Waals surface area contributed by atoms with Crippen LogP contribution in [0.3, 0.4) is 0 Å². The summed E-state index contributed by atoms with van der Waals surface area (Å²) < 4.78 is 4.72. The van der Waals surface area contributed by atoms with Crippen molar-refractivity contribution >= 4 is 5.97 Å². The van der Waals surface area contributed by atoms with Crippen molar-refractivity contribution in [2.75, 3.05) is 6.61 Å². The largest absolute Gasteiger partial charge is 0.466 e. The zero-order valence-corrected chi connectivity index (χ0v) is 5.46. The molecule has 1 rings (SSSR count). The van der Waals surface area contributed by atoms with Crippen molar-refractivity contribution < 1.29 is 9.53 Å². The molecule has 0 unspecified atom stereocenters. The van der Waals surface area contributed by atoms with Gasteiger partial charge >= 0.3 is 5.97 Å². The van der Waals surface area contributed by atoms with Gasteiger partial charge in [0.25, 0.3) is 0 Å². The summed E-state index contributed by atoms with van der Waals surface area (Å²) in [4.78, 5) is 10.7. The second-order valence-electron chi connectivity index (χ2n) is 2.26. The first-order valence-electron chi connectivity index (χ1n) is 3.18. The van der Waals surface area contributed by atoms with Crippen LogP contribution in [-0.2, 0) is 9.53 Å². The molecule has 0 radical (unpaired) electrons. The van der Waals surface area contributed by atoms with Crippen LogP contribution in [0.2, 0.25) is 0 Å². The summed E-state index contributed by atoms with van der Waals surface area (Å²) in [7, 11) is 0. The summed E-state index contributed by atoms with van der Waals surface area (Å²) in [6.07, 6.45) is 0.804. The highest BCUT2D eigenvalue weighted by molar-refractivity contribution is 5.76. The summed E-state index contributed by atoms with van der Waals surface area (Å²) in [5.74, 6) is -0.130. The van der Waals surface area contributed by atoms with E-state index in [1.165, 1.54) is 0 Å². The first-order valence-corrected chi connectivity index (χ1v) is 3.18. The zero-order chi connectivity index (χ0) is 6.85. The SMILES string of the molecule is CCOC(=O)[C@@H]1C[C@H]1N. The Morgan fingerprint density at radius 1 is 1.89 bits per heavy atom. The van der Waals surface area contributed by atoms with E-state index in [9.17, 15) is 4.79 Å². The Bertz CT molecular complexity index is 124. The Morgan fingerprint density at radius 3 is 2.78 bits per heavy atom. The van der Waals surface area contributed by atoms with E-state index in [0.717, 1.165) is 6.42 Å². The molecule has 0 aromatic rings. The lowest BCUT2D eigenvalue weighted by molar-refractivity contribution is -0.144. The lowest BCUT2D eigenvalue weighted by Gasteiger charge is -1.96. The highest BCUT2D eigenvalue weighted by atomic mass is 16.5. The molecule has 52 valence electrons. The van der Waals surface area contributed by atoms with E-state index < -0.39 is 0 Å². The third kappa shape index (κ3) is 1.42. The fourth-order valence-corrected chi connectivity index (χ4v) is 0.735. The molecule has 1 fully saturated rings. The summed E-state index contributed by atoms with van der Waals surface area (Å²) in [6.45, 7) is 2.26. The molecule has 2 atom stereocenters. The van der Waals surface area contributed by atoms with E-state index in [1.807, 2.05) is 0 Å². The third-order valence-corrected chi connectivity index (χ3v) is 1.43. The number of esters is 1. The topological polar surface area (TPSA) is 52.3 Å². The molecule has 0 aromatic heterocycles. The average Bonchev–Trinajstić information content (AvgIpc) is 2.47. The van der Waals surface area contributed by atoms with E-state index in [1.54, 1.807) is 6.92 Å². The number of nitrogens with two attached hydrogens (primary N) is 1. The van der Waals surface area contributed by atoms with Crippen LogP contribution >= 0.6 is 0 Å². The average molecular weight is 129 g/mol. The first kappa shape index (κ1) is 6.55. The maximum atomic E-state index is 10.7. The number of hydrogen-bond acceptors (Lipinski definition) is 3. The van der Waals surface area contributed by atoms with E-state index in [-0.39, 0.29) is 17.9 Å². The van der Waals surface area contributed by atoms with Crippen molar-refractivity contribution in [1.29, 1.82) is 0 Å². The highest BCUT2D eigenvalue weighted by Gasteiger charge is 2.41. The predicted octanol–water partition coefficient (Wildman–Crippen LogP) is -0.103. The molecular weight excluding hydrogens is 118 g/mol. The summed E-state index contributed by atoms with van der Waals surface area (Å²) in [5.41, 5.74) is 5.40. The molecule has 0 heterocycles. The predicted molar refractivity (Wildman–Crippen MR) is 32.7 cm³/mol. The fourth-order valence-electron chi connectivity index (χ4n) is 0.735. The molecule has 9 heavy (non-hydrogen) atoms. The van der Waals surface area contributed by atoms with Gasteiger partial charge in [0.15, 0.2) is 0 Å². The zero-order valence-electron chi connectivity index (χ0n) is 5.46. The van der Waals surface area contributed by atoms with E-state index in [0.29, 0.717) is 6.61 Å². The van der Waals surface area contributed by atoms with E-state index in [4.69, 9.17) is 10.5 Å². The van der Waals surface area contributed by atoms with Crippen LogP contribution in [0.15, 0.2) is 0 Å². The molecule has 1 aliphatic rings. The van der Waals surface area contributed by atoms with Crippen molar-refractivity contribution in [3.05, 3.63) is 0 Å². The van der Waals surface area contributed by atoms with Crippen LogP contribution in [0.5, 0.6) is 0 Å². The molecule has 1 saturated carbocycles. The lowest BCUT2D eigenvalue weighted by atomic mass is 10.4. The van der Waals surface area contributed by atoms with Crippen molar-refractivity contribution in [2.45, 2.75) is 19.4 Å². The monoisotopic (exact) mass is 129 g/mol. The molecule has 0 aromatic carbocycles. The number of carbonyl (C=O) groups excluding carboxylic acids is 1. The van der Waals surface area contributed by atoms with Gasteiger partial charge in [0.1, 0.15) is 0 Å².